The van der Waals surface area contributed by atoms with Crippen molar-refractivity contribution in [3.8, 4) is 0 Å². The van der Waals surface area contributed by atoms with Crippen molar-refractivity contribution in [2.75, 3.05) is 13.1 Å². The molecule has 0 N–H and O–H groups in total. The summed E-state index contributed by atoms with van der Waals surface area (Å²) >= 11 is 0. The van der Waals surface area contributed by atoms with Gasteiger partial charge < -0.3 is 9.47 Å². The molecule has 1 aliphatic heterocycles. The highest BCUT2D eigenvalue weighted by molar-refractivity contribution is 5.92. The Balaban J connectivity index is 1.66. The van der Waals surface area contributed by atoms with Gasteiger partial charge >= 0.3 is 0 Å². The van der Waals surface area contributed by atoms with E-state index in [0.717, 1.165) is 31.6 Å². The lowest BCUT2D eigenvalue weighted by Crippen LogP contribution is -2.41. The lowest BCUT2D eigenvalue weighted by molar-refractivity contribution is 0.0663. The van der Waals surface area contributed by atoms with Gasteiger partial charge in [0.25, 0.3) is 5.91 Å². The van der Waals surface area contributed by atoms with E-state index in [9.17, 15) is 4.79 Å². The van der Waals surface area contributed by atoms with E-state index < -0.39 is 0 Å². The average Bonchev–Trinajstić information content (AvgIpc) is 2.94. The molecule has 0 radical (unpaired) electrons. The van der Waals surface area contributed by atoms with Crippen LogP contribution in [0.3, 0.4) is 0 Å². The second-order valence-electron chi connectivity index (χ2n) is 5.83. The van der Waals surface area contributed by atoms with Crippen LogP contribution in [0.25, 0.3) is 0 Å². The zero-order valence-electron chi connectivity index (χ0n) is 12.4. The first-order chi connectivity index (χ1) is 10.2. The molecule has 1 atom stereocenters. The number of piperidine rings is 1. The summed E-state index contributed by atoms with van der Waals surface area (Å²) in [6.07, 6.45) is 8.93. The second-order valence-corrected chi connectivity index (χ2v) is 5.83. The fourth-order valence-corrected chi connectivity index (χ4v) is 3.11. The number of rotatable bonds is 3. The Morgan fingerprint density at radius 3 is 3.00 bits per heavy atom. The molecule has 1 aliphatic rings. The Morgan fingerprint density at radius 2 is 2.29 bits per heavy atom. The molecule has 1 saturated heterocycles. The van der Waals surface area contributed by atoms with Crippen LogP contribution in [0.2, 0.25) is 0 Å². The van der Waals surface area contributed by atoms with Crippen LogP contribution in [-0.4, -0.2) is 33.4 Å². The van der Waals surface area contributed by atoms with Crippen LogP contribution in [0.15, 0.2) is 42.9 Å². The molecule has 4 heteroatoms. The Labute approximate surface area is 125 Å². The molecule has 0 aromatic carbocycles. The van der Waals surface area contributed by atoms with Crippen molar-refractivity contribution in [1.29, 1.82) is 0 Å². The lowest BCUT2D eigenvalue weighted by Gasteiger charge is -2.33. The Kier molecular flexibility index (Phi) is 4.04. The van der Waals surface area contributed by atoms with Crippen LogP contribution >= 0.6 is 0 Å². The quantitative estimate of drug-likeness (QED) is 0.868. The van der Waals surface area contributed by atoms with Crippen molar-refractivity contribution in [3.05, 3.63) is 54.1 Å². The molecule has 2 aromatic rings. The fourth-order valence-electron chi connectivity index (χ4n) is 3.11. The summed E-state index contributed by atoms with van der Waals surface area (Å²) in [6.45, 7) is 1.71. The molecule has 110 valence electrons. The van der Waals surface area contributed by atoms with Gasteiger partial charge in [0, 0.05) is 38.7 Å². The average molecular weight is 283 g/mol. The topological polar surface area (TPSA) is 38.1 Å². The molecular formula is C17H21N3O. The van der Waals surface area contributed by atoms with E-state index in [2.05, 4.69) is 11.1 Å². The predicted molar refractivity (Wildman–Crippen MR) is 82.0 cm³/mol. The highest BCUT2D eigenvalue weighted by atomic mass is 16.2. The maximum absolute atomic E-state index is 12.6. The van der Waals surface area contributed by atoms with Gasteiger partial charge in [0.2, 0.25) is 0 Å². The number of amides is 1. The highest BCUT2D eigenvalue weighted by Gasteiger charge is 2.25. The van der Waals surface area contributed by atoms with E-state index in [4.69, 9.17) is 0 Å². The normalized spacial score (nSPS) is 18.7. The zero-order valence-corrected chi connectivity index (χ0v) is 12.4. The van der Waals surface area contributed by atoms with Gasteiger partial charge in [-0.05, 0) is 48.9 Å². The van der Waals surface area contributed by atoms with E-state index in [0.29, 0.717) is 5.92 Å². The van der Waals surface area contributed by atoms with Gasteiger partial charge in [0.05, 0.1) is 0 Å². The smallest absolute Gasteiger partial charge is 0.270 e. The van der Waals surface area contributed by atoms with Crippen LogP contribution < -0.4 is 0 Å². The standard InChI is InChI=1S/C17H21N3O/c1-19-9-4-7-16(19)17(21)20-10-3-6-15(13-20)11-14-5-2-8-18-12-14/h2,4-5,7-9,12,15H,3,6,10-11,13H2,1H3/t15-/m1/s1. The molecule has 0 bridgehead atoms. The number of carbonyl (C=O) groups excluding carboxylic acids is 1. The second kappa shape index (κ2) is 6.12. The number of hydrogen-bond acceptors (Lipinski definition) is 2. The van der Waals surface area contributed by atoms with Crippen molar-refractivity contribution in [3.63, 3.8) is 0 Å². The van der Waals surface area contributed by atoms with E-state index in [1.54, 1.807) is 6.20 Å². The Morgan fingerprint density at radius 1 is 1.38 bits per heavy atom. The molecule has 3 heterocycles. The molecular weight excluding hydrogens is 262 g/mol. The molecule has 0 spiro atoms. The molecule has 4 nitrogen and oxygen atoms in total. The number of aryl methyl sites for hydroxylation is 1. The largest absolute Gasteiger partial charge is 0.347 e. The fraction of sp³-hybridized carbons (Fsp3) is 0.412. The minimum absolute atomic E-state index is 0.151. The number of nitrogens with zero attached hydrogens (tertiary/aromatic N) is 3. The van der Waals surface area contributed by atoms with Gasteiger partial charge in [-0.15, -0.1) is 0 Å². The van der Waals surface area contributed by atoms with Crippen LogP contribution in [0.4, 0.5) is 0 Å². The number of pyridine rings is 1. The van der Waals surface area contributed by atoms with Gasteiger partial charge in [-0.1, -0.05) is 6.07 Å². The maximum Gasteiger partial charge on any atom is 0.270 e. The molecule has 0 unspecified atom stereocenters. The van der Waals surface area contributed by atoms with Crippen LogP contribution in [0.5, 0.6) is 0 Å². The third-order valence-corrected chi connectivity index (χ3v) is 4.22. The van der Waals surface area contributed by atoms with Gasteiger partial charge in [-0.25, -0.2) is 0 Å². The van der Waals surface area contributed by atoms with Crippen LogP contribution in [-0.2, 0) is 13.5 Å². The summed E-state index contributed by atoms with van der Waals surface area (Å²) in [5.41, 5.74) is 2.03. The molecule has 1 fully saturated rings. The Hall–Kier alpha value is -2.10. The minimum Gasteiger partial charge on any atom is -0.347 e. The molecule has 0 saturated carbocycles. The number of likely N-dealkylation sites (tertiary alicyclic amines) is 1. The van der Waals surface area contributed by atoms with Crippen molar-refractivity contribution in [2.24, 2.45) is 13.0 Å². The number of aromatic nitrogens is 2. The first-order valence-electron chi connectivity index (χ1n) is 7.53. The summed E-state index contributed by atoms with van der Waals surface area (Å²) in [5.74, 6) is 0.686. The van der Waals surface area contributed by atoms with Gasteiger partial charge in [-0.2, -0.15) is 0 Å². The third-order valence-electron chi connectivity index (χ3n) is 4.22. The minimum atomic E-state index is 0.151. The summed E-state index contributed by atoms with van der Waals surface area (Å²) in [4.78, 5) is 18.7. The van der Waals surface area contributed by atoms with Gasteiger partial charge in [-0.3, -0.25) is 9.78 Å². The van der Waals surface area contributed by atoms with Crippen molar-refractivity contribution >= 4 is 5.91 Å². The maximum atomic E-state index is 12.6. The zero-order chi connectivity index (χ0) is 14.7. The monoisotopic (exact) mass is 283 g/mol. The van der Waals surface area contributed by atoms with Gasteiger partial charge in [0.1, 0.15) is 5.69 Å². The summed E-state index contributed by atoms with van der Waals surface area (Å²) in [5, 5.41) is 0. The molecule has 1 amide bonds. The van der Waals surface area contributed by atoms with Crippen molar-refractivity contribution < 1.29 is 4.79 Å². The summed E-state index contributed by atoms with van der Waals surface area (Å²) < 4.78 is 1.90. The molecule has 2 aromatic heterocycles. The van der Waals surface area contributed by atoms with Crippen LogP contribution in [0, 0.1) is 5.92 Å². The number of carbonyl (C=O) groups is 1. The Bertz CT molecular complexity index is 606. The highest BCUT2D eigenvalue weighted by Crippen LogP contribution is 2.22. The predicted octanol–water partition coefficient (Wildman–Crippen LogP) is 2.52. The number of hydrogen-bond donors (Lipinski definition) is 0. The van der Waals surface area contributed by atoms with Gasteiger partial charge in [0.15, 0.2) is 0 Å². The van der Waals surface area contributed by atoms with E-state index in [-0.39, 0.29) is 5.91 Å². The third kappa shape index (κ3) is 3.15. The lowest BCUT2D eigenvalue weighted by atomic mass is 9.92. The van der Waals surface area contributed by atoms with E-state index in [1.807, 2.05) is 47.1 Å². The van der Waals surface area contributed by atoms with Crippen LogP contribution in [0.1, 0.15) is 28.9 Å². The summed E-state index contributed by atoms with van der Waals surface area (Å²) in [6, 6.07) is 7.91. The molecule has 3 rings (SSSR count). The first-order valence-corrected chi connectivity index (χ1v) is 7.53. The summed E-state index contributed by atoms with van der Waals surface area (Å²) in [7, 11) is 1.92. The van der Waals surface area contributed by atoms with E-state index in [1.165, 1.54) is 12.0 Å². The molecule has 21 heavy (non-hydrogen) atoms. The van der Waals surface area contributed by atoms with Crippen molar-refractivity contribution in [2.45, 2.75) is 19.3 Å². The molecule has 0 aliphatic carbocycles. The first kappa shape index (κ1) is 13.9. The van der Waals surface area contributed by atoms with Crippen molar-refractivity contribution in [1.82, 2.24) is 14.5 Å². The van der Waals surface area contributed by atoms with E-state index >= 15 is 0 Å². The SMILES string of the molecule is Cn1cccc1C(=O)N1CCC[C@H](Cc2cccnc2)C1.